The quantitative estimate of drug-likeness (QED) is 0.402. The van der Waals surface area contributed by atoms with E-state index in [0.29, 0.717) is 58.7 Å². The number of likely N-dealkylation sites (tertiary alicyclic amines) is 1. The molecule has 8 heteroatoms. The molecule has 2 aliphatic heterocycles. The van der Waals surface area contributed by atoms with Gasteiger partial charge in [0.15, 0.2) is 0 Å². The summed E-state index contributed by atoms with van der Waals surface area (Å²) in [5.74, 6) is -0.638. The molecule has 3 aromatic rings. The molecule has 0 atom stereocenters. The number of halogens is 1. The molecular formula is C26H23ClN2O5. The molecule has 7 nitrogen and oxygen atoms in total. The van der Waals surface area contributed by atoms with E-state index in [9.17, 15) is 14.4 Å². The molecule has 1 fully saturated rings. The number of piperidine rings is 1. The maximum absolute atomic E-state index is 13.5. The molecular weight excluding hydrogens is 456 g/mol. The highest BCUT2D eigenvalue weighted by atomic mass is 35.5. The normalized spacial score (nSPS) is 16.4. The number of carbonyl (C=O) groups excluding carboxylic acids is 3. The number of nitrogens with zero attached hydrogens (tertiary/aromatic N) is 2. The average Bonchev–Trinajstić information content (AvgIpc) is 3.28. The van der Waals surface area contributed by atoms with E-state index in [1.807, 2.05) is 18.2 Å². The number of aromatic nitrogens is 1. The van der Waals surface area contributed by atoms with Gasteiger partial charge in [-0.3, -0.25) is 4.79 Å². The molecule has 1 amide bonds. The predicted molar refractivity (Wildman–Crippen MR) is 127 cm³/mol. The molecule has 0 saturated carbocycles. The fraction of sp³-hybridized carbons (Fsp3) is 0.269. The molecule has 34 heavy (non-hydrogen) atoms. The second kappa shape index (κ2) is 8.33. The Balaban J connectivity index is 1.40. The van der Waals surface area contributed by atoms with Gasteiger partial charge < -0.3 is 18.9 Å². The highest BCUT2D eigenvalue weighted by molar-refractivity contribution is 6.31. The summed E-state index contributed by atoms with van der Waals surface area (Å²) in [6.07, 6.45) is 2.71. The lowest BCUT2D eigenvalue weighted by Gasteiger charge is -2.38. The number of fused-ring (bicyclic) bond motifs is 3. The number of amides is 1. The molecule has 3 heterocycles. The number of esters is 2. The minimum Gasteiger partial charge on any atom is -0.450 e. The maximum Gasteiger partial charge on any atom is 0.339 e. The number of rotatable bonds is 4. The zero-order valence-corrected chi connectivity index (χ0v) is 19.4. The highest BCUT2D eigenvalue weighted by Gasteiger charge is 2.47. The summed E-state index contributed by atoms with van der Waals surface area (Å²) in [4.78, 5) is 39.9. The van der Waals surface area contributed by atoms with Gasteiger partial charge in [-0.05, 0) is 25.1 Å². The van der Waals surface area contributed by atoms with Gasteiger partial charge in [0.2, 0.25) is 0 Å². The third kappa shape index (κ3) is 3.76. The zero-order chi connectivity index (χ0) is 24.0. The second-order valence-electron chi connectivity index (χ2n) is 8.73. The number of carbonyl (C=O) groups is 3. The van der Waals surface area contributed by atoms with Crippen molar-refractivity contribution in [3.8, 4) is 0 Å². The zero-order valence-electron chi connectivity index (χ0n) is 18.7. The monoisotopic (exact) mass is 478 g/mol. The van der Waals surface area contributed by atoms with E-state index in [2.05, 4.69) is 6.58 Å². The van der Waals surface area contributed by atoms with Gasteiger partial charge in [0, 0.05) is 48.1 Å². The van der Waals surface area contributed by atoms with Gasteiger partial charge >= 0.3 is 11.9 Å². The lowest BCUT2D eigenvalue weighted by atomic mass is 9.83. The Morgan fingerprint density at radius 2 is 1.91 bits per heavy atom. The van der Waals surface area contributed by atoms with E-state index in [-0.39, 0.29) is 18.4 Å². The van der Waals surface area contributed by atoms with Crippen LogP contribution in [0.3, 0.4) is 0 Å². The first-order chi connectivity index (χ1) is 16.3. The fourth-order valence-electron chi connectivity index (χ4n) is 4.89. The Morgan fingerprint density at radius 1 is 1.18 bits per heavy atom. The molecule has 1 spiro atoms. The molecule has 2 aromatic carbocycles. The van der Waals surface area contributed by atoms with Gasteiger partial charge in [-0.1, -0.05) is 42.4 Å². The Kier molecular flexibility index (Phi) is 5.44. The molecule has 0 unspecified atom stereocenters. The third-order valence-corrected chi connectivity index (χ3v) is 6.68. The number of hydrogen-bond donors (Lipinski definition) is 0. The maximum atomic E-state index is 13.5. The molecule has 0 aliphatic carbocycles. The van der Waals surface area contributed by atoms with Crippen LogP contribution in [0.2, 0.25) is 5.02 Å². The highest BCUT2D eigenvalue weighted by Crippen LogP contribution is 2.44. The third-order valence-electron chi connectivity index (χ3n) is 6.45. The van der Waals surface area contributed by atoms with Crippen LogP contribution >= 0.6 is 11.6 Å². The van der Waals surface area contributed by atoms with Crippen LogP contribution in [0.15, 0.2) is 61.0 Å². The predicted octanol–water partition coefficient (Wildman–Crippen LogP) is 4.67. The molecule has 1 saturated heterocycles. The van der Waals surface area contributed by atoms with E-state index in [1.165, 1.54) is 0 Å². The van der Waals surface area contributed by atoms with Crippen LogP contribution in [0, 0.1) is 0 Å². The van der Waals surface area contributed by atoms with Gasteiger partial charge in [0.25, 0.3) is 5.91 Å². The Labute approximate surface area is 201 Å². The molecule has 5 rings (SSSR count). The minimum absolute atomic E-state index is 0.0766. The number of benzene rings is 2. The lowest BCUT2D eigenvalue weighted by molar-refractivity contribution is -0.139. The van der Waals surface area contributed by atoms with Crippen molar-refractivity contribution in [1.82, 2.24) is 9.47 Å². The summed E-state index contributed by atoms with van der Waals surface area (Å²) < 4.78 is 12.6. The van der Waals surface area contributed by atoms with Crippen molar-refractivity contribution >= 4 is 40.3 Å². The van der Waals surface area contributed by atoms with Crippen molar-refractivity contribution in [3.63, 3.8) is 0 Å². The van der Waals surface area contributed by atoms with Crippen LogP contribution in [0.1, 0.15) is 46.0 Å². The van der Waals surface area contributed by atoms with Crippen molar-refractivity contribution in [3.05, 3.63) is 82.7 Å². The van der Waals surface area contributed by atoms with Gasteiger partial charge in [0.1, 0.15) is 12.1 Å². The first-order valence-electron chi connectivity index (χ1n) is 11.0. The van der Waals surface area contributed by atoms with Crippen LogP contribution in [0.25, 0.3) is 10.9 Å². The summed E-state index contributed by atoms with van der Waals surface area (Å²) in [5, 5.41) is 1.20. The fourth-order valence-corrected chi connectivity index (χ4v) is 5.06. The van der Waals surface area contributed by atoms with Crippen LogP contribution in [-0.2, 0) is 26.4 Å². The topological polar surface area (TPSA) is 77.8 Å². The number of hydrogen-bond acceptors (Lipinski definition) is 5. The smallest absolute Gasteiger partial charge is 0.339 e. The summed E-state index contributed by atoms with van der Waals surface area (Å²) >= 11 is 6.19. The van der Waals surface area contributed by atoms with Crippen molar-refractivity contribution in [2.45, 2.75) is 31.9 Å². The Hall–Kier alpha value is -3.58. The summed E-state index contributed by atoms with van der Waals surface area (Å²) in [7, 11) is 0. The van der Waals surface area contributed by atoms with E-state index < -0.39 is 11.6 Å². The van der Waals surface area contributed by atoms with Crippen LogP contribution in [-0.4, -0.2) is 40.4 Å². The number of allylic oxidation sites excluding steroid dienone is 1. The van der Waals surface area contributed by atoms with Crippen molar-refractivity contribution < 1.29 is 23.9 Å². The molecule has 0 radical (unpaired) electrons. The SMILES string of the molecule is C=C(C)OC(=O)Cn1cc(C(=O)N2CCC3(CC2)OC(=O)c2ccccc23)c2ccc(Cl)cc21. The minimum atomic E-state index is -0.682. The summed E-state index contributed by atoms with van der Waals surface area (Å²) in [6, 6.07) is 12.7. The Morgan fingerprint density at radius 3 is 2.65 bits per heavy atom. The van der Waals surface area contributed by atoms with Gasteiger partial charge in [-0.2, -0.15) is 0 Å². The van der Waals surface area contributed by atoms with Crippen molar-refractivity contribution in [2.24, 2.45) is 0 Å². The van der Waals surface area contributed by atoms with Crippen molar-refractivity contribution in [2.75, 3.05) is 13.1 Å². The van der Waals surface area contributed by atoms with Gasteiger partial charge in [0.05, 0.1) is 22.4 Å². The first kappa shape index (κ1) is 22.2. The summed E-state index contributed by atoms with van der Waals surface area (Å²) in [5.41, 5.74) is 1.97. The van der Waals surface area contributed by atoms with E-state index in [4.69, 9.17) is 21.1 Å². The molecule has 174 valence electrons. The standard InChI is InChI=1S/C26H23ClN2O5/c1-16(2)33-23(30)15-29-14-20(18-8-7-17(27)13-22(18)29)24(31)28-11-9-26(10-12-28)21-6-4-3-5-19(21)25(32)34-26/h3-8,13-14H,1,9-12,15H2,2H3. The molecule has 0 N–H and O–H groups in total. The molecule has 0 bridgehead atoms. The van der Waals surface area contributed by atoms with E-state index in [1.54, 1.807) is 46.9 Å². The second-order valence-corrected chi connectivity index (χ2v) is 9.17. The van der Waals surface area contributed by atoms with Crippen molar-refractivity contribution in [1.29, 1.82) is 0 Å². The van der Waals surface area contributed by atoms with E-state index in [0.717, 1.165) is 5.56 Å². The van der Waals surface area contributed by atoms with Gasteiger partial charge in [-0.15, -0.1) is 0 Å². The first-order valence-corrected chi connectivity index (χ1v) is 11.4. The van der Waals surface area contributed by atoms with Gasteiger partial charge in [-0.25, -0.2) is 9.59 Å². The Bertz CT molecular complexity index is 1350. The molecule has 2 aliphatic rings. The lowest BCUT2D eigenvalue weighted by Crippen LogP contribution is -2.45. The largest absolute Gasteiger partial charge is 0.450 e. The van der Waals surface area contributed by atoms with E-state index >= 15 is 0 Å². The number of ether oxygens (including phenoxy) is 2. The van der Waals surface area contributed by atoms with Crippen LogP contribution in [0.4, 0.5) is 0 Å². The average molecular weight is 479 g/mol. The van der Waals surface area contributed by atoms with Crippen LogP contribution < -0.4 is 0 Å². The van der Waals surface area contributed by atoms with Crippen LogP contribution in [0.5, 0.6) is 0 Å². The molecule has 1 aromatic heterocycles. The summed E-state index contributed by atoms with van der Waals surface area (Å²) in [6.45, 7) is 6.00.